The molecule has 1 aliphatic heterocycles. The van der Waals surface area contributed by atoms with Crippen molar-refractivity contribution >= 4 is 11.4 Å². The van der Waals surface area contributed by atoms with E-state index < -0.39 is 0 Å². The van der Waals surface area contributed by atoms with Crippen LogP contribution >= 0.6 is 0 Å². The van der Waals surface area contributed by atoms with Crippen molar-refractivity contribution in [2.45, 2.75) is 32.2 Å². The van der Waals surface area contributed by atoms with E-state index in [1.807, 2.05) is 20.0 Å². The highest BCUT2D eigenvalue weighted by atomic mass is 16.6. The molecule has 1 heterocycles. The molecule has 1 N–H and O–H groups in total. The molecule has 0 aliphatic carbocycles. The molecule has 0 radical (unpaired) electrons. The van der Waals surface area contributed by atoms with E-state index >= 15 is 0 Å². The molecule has 1 saturated heterocycles. The molecule has 5 nitrogen and oxygen atoms in total. The number of hydrogen-bond acceptors (Lipinski definition) is 4. The summed E-state index contributed by atoms with van der Waals surface area (Å²) in [6.07, 6.45) is 2.09. The lowest BCUT2D eigenvalue weighted by Gasteiger charge is -2.40. The molecular formula is C14H21N3O2. The van der Waals surface area contributed by atoms with Crippen molar-refractivity contribution in [1.82, 2.24) is 5.32 Å². The number of rotatable bonds is 3. The van der Waals surface area contributed by atoms with Gasteiger partial charge < -0.3 is 10.2 Å². The first-order chi connectivity index (χ1) is 8.93. The number of nitrogens with one attached hydrogen (secondary N) is 1. The Kier molecular flexibility index (Phi) is 3.75. The van der Waals surface area contributed by atoms with Gasteiger partial charge in [-0.15, -0.1) is 0 Å². The first-order valence-electron chi connectivity index (χ1n) is 6.63. The lowest BCUT2D eigenvalue weighted by molar-refractivity contribution is -0.384. The molecule has 0 saturated carbocycles. The number of hydrogen-bond donors (Lipinski definition) is 1. The average Bonchev–Trinajstić information content (AvgIpc) is 2.39. The lowest BCUT2D eigenvalue weighted by Crippen LogP contribution is -2.50. The summed E-state index contributed by atoms with van der Waals surface area (Å²) in [5, 5.41) is 14.3. The minimum Gasteiger partial charge on any atom is -0.371 e. The predicted octanol–water partition coefficient (Wildman–Crippen LogP) is 2.48. The van der Waals surface area contributed by atoms with Crippen molar-refractivity contribution in [1.29, 1.82) is 0 Å². The van der Waals surface area contributed by atoms with Gasteiger partial charge in [0.05, 0.1) is 4.92 Å². The highest BCUT2D eigenvalue weighted by Gasteiger charge is 2.28. The molecule has 1 aromatic carbocycles. The number of anilines is 1. The predicted molar refractivity (Wildman–Crippen MR) is 76.7 cm³/mol. The van der Waals surface area contributed by atoms with Crippen LogP contribution in [0, 0.1) is 17.0 Å². The lowest BCUT2D eigenvalue weighted by atomic mass is 9.89. The van der Waals surface area contributed by atoms with Gasteiger partial charge in [0.25, 0.3) is 5.69 Å². The van der Waals surface area contributed by atoms with Crippen LogP contribution < -0.4 is 10.2 Å². The highest BCUT2D eigenvalue weighted by Crippen LogP contribution is 2.29. The molecule has 19 heavy (non-hydrogen) atoms. The quantitative estimate of drug-likeness (QED) is 0.672. The van der Waals surface area contributed by atoms with Crippen LogP contribution in [0.4, 0.5) is 11.4 Å². The van der Waals surface area contributed by atoms with E-state index in [0.717, 1.165) is 37.2 Å². The number of nitrogens with zero attached hydrogens (tertiary/aromatic N) is 2. The third kappa shape index (κ3) is 3.04. The normalized spacial score (nSPS) is 18.4. The SMILES string of the molecule is CNC1(C)CCN(c2cc(C)cc([N+](=O)[O-])c2)CC1. The second kappa shape index (κ2) is 5.17. The van der Waals surface area contributed by atoms with Crippen LogP contribution in [0.25, 0.3) is 0 Å². The Morgan fingerprint density at radius 1 is 1.32 bits per heavy atom. The summed E-state index contributed by atoms with van der Waals surface area (Å²) >= 11 is 0. The van der Waals surface area contributed by atoms with Crippen LogP contribution in [0.3, 0.4) is 0 Å². The Morgan fingerprint density at radius 3 is 2.47 bits per heavy atom. The van der Waals surface area contributed by atoms with Gasteiger partial charge in [-0.2, -0.15) is 0 Å². The van der Waals surface area contributed by atoms with Crippen molar-refractivity contribution in [3.8, 4) is 0 Å². The summed E-state index contributed by atoms with van der Waals surface area (Å²) in [6, 6.07) is 5.31. The molecule has 0 atom stereocenters. The number of piperidine rings is 1. The minimum absolute atomic E-state index is 0.178. The van der Waals surface area contributed by atoms with Crippen LogP contribution in [0.15, 0.2) is 18.2 Å². The maximum absolute atomic E-state index is 10.9. The summed E-state index contributed by atoms with van der Waals surface area (Å²) in [7, 11) is 1.99. The summed E-state index contributed by atoms with van der Waals surface area (Å²) in [6.45, 7) is 5.98. The van der Waals surface area contributed by atoms with E-state index in [4.69, 9.17) is 0 Å². The molecule has 0 amide bonds. The van der Waals surface area contributed by atoms with Gasteiger partial charge in [-0.1, -0.05) is 0 Å². The number of non-ortho nitro benzene ring substituents is 1. The van der Waals surface area contributed by atoms with Crippen LogP contribution in [0.1, 0.15) is 25.3 Å². The maximum Gasteiger partial charge on any atom is 0.271 e. The zero-order valence-electron chi connectivity index (χ0n) is 11.8. The van der Waals surface area contributed by atoms with Crippen molar-refractivity contribution in [3.05, 3.63) is 33.9 Å². The fourth-order valence-corrected chi connectivity index (χ4v) is 2.54. The Morgan fingerprint density at radius 2 is 1.95 bits per heavy atom. The van der Waals surface area contributed by atoms with E-state index in [1.165, 1.54) is 0 Å². The summed E-state index contributed by atoms with van der Waals surface area (Å²) < 4.78 is 0. The Bertz CT molecular complexity index is 480. The number of benzene rings is 1. The summed E-state index contributed by atoms with van der Waals surface area (Å²) in [4.78, 5) is 12.8. The van der Waals surface area contributed by atoms with Crippen LogP contribution in [-0.4, -0.2) is 30.6 Å². The Balaban J connectivity index is 2.17. The van der Waals surface area contributed by atoms with Crippen LogP contribution in [0.2, 0.25) is 0 Å². The smallest absolute Gasteiger partial charge is 0.271 e. The van der Waals surface area contributed by atoms with Gasteiger partial charge in [-0.25, -0.2) is 0 Å². The number of nitro benzene ring substituents is 1. The van der Waals surface area contributed by atoms with E-state index in [2.05, 4.69) is 17.1 Å². The van der Waals surface area contributed by atoms with Gasteiger partial charge >= 0.3 is 0 Å². The van der Waals surface area contributed by atoms with E-state index in [-0.39, 0.29) is 16.1 Å². The first kappa shape index (κ1) is 13.8. The first-order valence-corrected chi connectivity index (χ1v) is 6.63. The zero-order chi connectivity index (χ0) is 14.0. The van der Waals surface area contributed by atoms with Gasteiger partial charge in [-0.05, 0) is 45.4 Å². The second-order valence-electron chi connectivity index (χ2n) is 5.58. The van der Waals surface area contributed by atoms with E-state index in [1.54, 1.807) is 12.1 Å². The molecule has 1 aromatic rings. The van der Waals surface area contributed by atoms with Crippen LogP contribution in [-0.2, 0) is 0 Å². The van der Waals surface area contributed by atoms with Gasteiger partial charge in [0.15, 0.2) is 0 Å². The van der Waals surface area contributed by atoms with Gasteiger partial charge in [0.2, 0.25) is 0 Å². The van der Waals surface area contributed by atoms with Gasteiger partial charge in [0, 0.05) is 36.4 Å². The third-order valence-electron chi connectivity index (χ3n) is 4.09. The molecule has 104 valence electrons. The molecule has 0 bridgehead atoms. The van der Waals surface area contributed by atoms with E-state index in [0.29, 0.717) is 0 Å². The monoisotopic (exact) mass is 263 g/mol. The molecule has 2 rings (SSSR count). The molecule has 0 spiro atoms. The highest BCUT2D eigenvalue weighted by molar-refractivity contribution is 5.56. The number of nitro groups is 1. The molecular weight excluding hydrogens is 242 g/mol. The molecule has 5 heteroatoms. The van der Waals surface area contributed by atoms with E-state index in [9.17, 15) is 10.1 Å². The standard InChI is InChI=1S/C14H21N3O2/c1-11-8-12(10-13(9-11)17(18)19)16-6-4-14(2,15-3)5-7-16/h8-10,15H,4-7H2,1-3H3. The largest absolute Gasteiger partial charge is 0.371 e. The summed E-state index contributed by atoms with van der Waals surface area (Å²) in [5.74, 6) is 0. The Labute approximate surface area is 113 Å². The topological polar surface area (TPSA) is 58.4 Å². The van der Waals surface area contributed by atoms with Crippen molar-refractivity contribution in [3.63, 3.8) is 0 Å². The molecule has 1 fully saturated rings. The minimum atomic E-state index is -0.321. The molecule has 1 aliphatic rings. The fourth-order valence-electron chi connectivity index (χ4n) is 2.54. The zero-order valence-corrected chi connectivity index (χ0v) is 11.8. The summed E-state index contributed by atoms with van der Waals surface area (Å²) in [5.41, 5.74) is 2.26. The fraction of sp³-hybridized carbons (Fsp3) is 0.571. The van der Waals surface area contributed by atoms with Crippen molar-refractivity contribution < 1.29 is 4.92 Å². The average molecular weight is 263 g/mol. The Hall–Kier alpha value is -1.62. The van der Waals surface area contributed by atoms with Crippen LogP contribution in [0.5, 0.6) is 0 Å². The van der Waals surface area contributed by atoms with Crippen molar-refractivity contribution in [2.24, 2.45) is 0 Å². The maximum atomic E-state index is 10.9. The van der Waals surface area contributed by atoms with Crippen molar-refractivity contribution in [2.75, 3.05) is 25.0 Å². The second-order valence-corrected chi connectivity index (χ2v) is 5.58. The number of aryl methyl sites for hydroxylation is 1. The molecule has 0 unspecified atom stereocenters. The molecule has 0 aromatic heterocycles. The van der Waals surface area contributed by atoms with Gasteiger partial charge in [0.1, 0.15) is 0 Å². The van der Waals surface area contributed by atoms with Gasteiger partial charge in [-0.3, -0.25) is 10.1 Å². The third-order valence-corrected chi connectivity index (χ3v) is 4.09.